The zero-order chi connectivity index (χ0) is 10.3. The van der Waals surface area contributed by atoms with Crippen LogP contribution in [-0.2, 0) is 0 Å². The van der Waals surface area contributed by atoms with Crippen LogP contribution in [0.1, 0.15) is 0 Å². The molecule has 0 amide bonds. The zero-order valence-corrected chi connectivity index (χ0v) is 7.24. The Labute approximate surface area is 79.0 Å². The Morgan fingerprint density at radius 1 is 1.21 bits per heavy atom. The van der Waals surface area contributed by atoms with Crippen molar-refractivity contribution < 1.29 is 5.11 Å². The smallest absolute Gasteiger partial charge is 0.248 e. The van der Waals surface area contributed by atoms with Crippen LogP contribution < -0.4 is 17.0 Å². The zero-order valence-electron chi connectivity index (χ0n) is 7.24. The Balaban J connectivity index is 3.02. The number of phenolic OH excluding ortho intramolecular Hbond substituents is 1. The van der Waals surface area contributed by atoms with E-state index in [4.69, 9.17) is 11.5 Å². The summed E-state index contributed by atoms with van der Waals surface area (Å²) >= 11 is 0. The summed E-state index contributed by atoms with van der Waals surface area (Å²) in [6, 6.07) is 4.34. The largest absolute Gasteiger partial charge is 0.504 e. The van der Waals surface area contributed by atoms with Gasteiger partial charge in [-0.3, -0.25) is 4.79 Å². The van der Waals surface area contributed by atoms with Gasteiger partial charge in [-0.2, -0.15) is 0 Å². The molecule has 0 saturated carbocycles. The number of nitrogens with one attached hydrogen (secondary N) is 1. The van der Waals surface area contributed by atoms with E-state index in [0.717, 1.165) is 0 Å². The number of benzene rings is 1. The molecule has 0 saturated heterocycles. The number of hydrogen-bond acceptors (Lipinski definition) is 4. The third-order valence-electron chi connectivity index (χ3n) is 2.05. The van der Waals surface area contributed by atoms with Crippen LogP contribution in [0.15, 0.2) is 23.0 Å². The molecule has 2 rings (SSSR count). The van der Waals surface area contributed by atoms with Crippen LogP contribution in [0.25, 0.3) is 10.9 Å². The number of anilines is 2. The fourth-order valence-corrected chi connectivity index (χ4v) is 1.36. The van der Waals surface area contributed by atoms with E-state index in [0.29, 0.717) is 11.1 Å². The molecule has 5 heteroatoms. The van der Waals surface area contributed by atoms with Crippen LogP contribution in [-0.4, -0.2) is 10.1 Å². The second-order valence-corrected chi connectivity index (χ2v) is 3.01. The van der Waals surface area contributed by atoms with Crippen molar-refractivity contribution in [1.29, 1.82) is 0 Å². The third-order valence-corrected chi connectivity index (χ3v) is 2.05. The molecule has 72 valence electrons. The quantitative estimate of drug-likeness (QED) is 0.275. The molecule has 1 aromatic heterocycles. The van der Waals surface area contributed by atoms with Crippen molar-refractivity contribution in [3.05, 3.63) is 28.6 Å². The van der Waals surface area contributed by atoms with Crippen LogP contribution in [0.5, 0.6) is 5.75 Å². The third kappa shape index (κ3) is 1.06. The average molecular weight is 191 g/mol. The topological polar surface area (TPSA) is 105 Å². The van der Waals surface area contributed by atoms with Gasteiger partial charge >= 0.3 is 0 Å². The van der Waals surface area contributed by atoms with E-state index in [1.54, 1.807) is 6.07 Å². The van der Waals surface area contributed by atoms with Gasteiger partial charge in [0.1, 0.15) is 0 Å². The van der Waals surface area contributed by atoms with E-state index in [1.165, 1.54) is 12.1 Å². The van der Waals surface area contributed by atoms with E-state index in [-0.39, 0.29) is 22.5 Å². The predicted molar refractivity (Wildman–Crippen MR) is 55.1 cm³/mol. The maximum Gasteiger partial charge on any atom is 0.248 e. The highest BCUT2D eigenvalue weighted by atomic mass is 16.3. The van der Waals surface area contributed by atoms with Gasteiger partial charge in [0.05, 0.1) is 11.2 Å². The lowest BCUT2D eigenvalue weighted by Gasteiger charge is -2.06. The summed E-state index contributed by atoms with van der Waals surface area (Å²) in [6.45, 7) is 0. The Hall–Kier alpha value is -2.17. The summed E-state index contributed by atoms with van der Waals surface area (Å²) in [4.78, 5) is 13.5. The van der Waals surface area contributed by atoms with Gasteiger partial charge in [-0.05, 0) is 12.1 Å². The molecule has 0 atom stereocenters. The van der Waals surface area contributed by atoms with Gasteiger partial charge in [0.25, 0.3) is 0 Å². The molecule has 0 fully saturated rings. The van der Waals surface area contributed by atoms with Gasteiger partial charge < -0.3 is 21.6 Å². The highest BCUT2D eigenvalue weighted by Gasteiger charge is 2.07. The molecule has 0 aliphatic carbocycles. The molecular weight excluding hydrogens is 182 g/mol. The fourth-order valence-electron chi connectivity index (χ4n) is 1.36. The summed E-state index contributed by atoms with van der Waals surface area (Å²) in [5.41, 5.74) is 11.7. The van der Waals surface area contributed by atoms with E-state index in [1.807, 2.05) is 0 Å². The number of aromatic hydroxyl groups is 1. The Morgan fingerprint density at radius 3 is 2.64 bits per heavy atom. The summed E-state index contributed by atoms with van der Waals surface area (Å²) in [5.74, 6) is -0.146. The number of H-pyrrole nitrogens is 1. The van der Waals surface area contributed by atoms with Crippen LogP contribution in [0.2, 0.25) is 0 Å². The minimum Gasteiger partial charge on any atom is -0.504 e. The molecule has 6 N–H and O–H groups in total. The molecule has 1 heterocycles. The van der Waals surface area contributed by atoms with Crippen LogP contribution in [0.3, 0.4) is 0 Å². The second kappa shape index (κ2) is 2.66. The normalized spacial score (nSPS) is 10.6. The number of aromatic amines is 1. The average Bonchev–Trinajstić information content (AvgIpc) is 2.14. The molecule has 0 aliphatic rings. The molecule has 14 heavy (non-hydrogen) atoms. The summed E-state index contributed by atoms with van der Waals surface area (Å²) in [6.07, 6.45) is 0. The first-order valence-corrected chi connectivity index (χ1v) is 3.99. The lowest BCUT2D eigenvalue weighted by atomic mass is 10.1. The Morgan fingerprint density at radius 2 is 1.93 bits per heavy atom. The van der Waals surface area contributed by atoms with E-state index in [2.05, 4.69) is 4.98 Å². The summed E-state index contributed by atoms with van der Waals surface area (Å²) in [7, 11) is 0. The molecule has 2 aromatic rings. The van der Waals surface area contributed by atoms with Gasteiger partial charge in [0, 0.05) is 17.1 Å². The van der Waals surface area contributed by atoms with Crippen molar-refractivity contribution in [2.24, 2.45) is 0 Å². The highest BCUT2D eigenvalue weighted by Crippen LogP contribution is 2.32. The minimum absolute atomic E-state index is 0.146. The lowest BCUT2D eigenvalue weighted by Crippen LogP contribution is -2.04. The standard InChI is InChI=1S/C9H9N3O2/c10-5-3-6(11)9(14)8-4(5)1-2-7(13)12-8/h1-3,14H,10-11H2,(H,12,13). The number of pyridine rings is 1. The van der Waals surface area contributed by atoms with Crippen molar-refractivity contribution in [2.45, 2.75) is 0 Å². The molecule has 0 aliphatic heterocycles. The first kappa shape index (κ1) is 8.43. The van der Waals surface area contributed by atoms with E-state index >= 15 is 0 Å². The highest BCUT2D eigenvalue weighted by molar-refractivity contribution is 5.98. The van der Waals surface area contributed by atoms with Crippen LogP contribution >= 0.6 is 0 Å². The first-order chi connectivity index (χ1) is 6.59. The predicted octanol–water partition coefficient (Wildman–Crippen LogP) is 0.398. The Kier molecular flexibility index (Phi) is 1.60. The van der Waals surface area contributed by atoms with Gasteiger partial charge in [-0.1, -0.05) is 0 Å². The lowest BCUT2D eigenvalue weighted by molar-refractivity contribution is 0.483. The molecule has 0 spiro atoms. The van der Waals surface area contributed by atoms with Gasteiger partial charge in [-0.25, -0.2) is 0 Å². The number of phenols is 1. The molecule has 1 aromatic carbocycles. The van der Waals surface area contributed by atoms with Gasteiger partial charge in [-0.15, -0.1) is 0 Å². The number of hydrogen-bond donors (Lipinski definition) is 4. The van der Waals surface area contributed by atoms with Crippen molar-refractivity contribution in [2.75, 3.05) is 11.5 Å². The van der Waals surface area contributed by atoms with Crippen molar-refractivity contribution in [3.63, 3.8) is 0 Å². The van der Waals surface area contributed by atoms with E-state index in [9.17, 15) is 9.90 Å². The Bertz CT molecular complexity index is 560. The number of aromatic nitrogens is 1. The SMILES string of the molecule is Nc1cc(N)c2ccc(=O)[nH]c2c1O. The number of nitrogens with two attached hydrogens (primary N) is 2. The summed E-state index contributed by atoms with van der Waals surface area (Å²) < 4.78 is 0. The fraction of sp³-hybridized carbons (Fsp3) is 0. The maximum atomic E-state index is 11.0. The number of fused-ring (bicyclic) bond motifs is 1. The number of nitrogen functional groups attached to an aromatic ring is 2. The maximum absolute atomic E-state index is 11.0. The molecular formula is C9H9N3O2. The van der Waals surface area contributed by atoms with Crippen molar-refractivity contribution in [3.8, 4) is 5.75 Å². The minimum atomic E-state index is -0.308. The molecule has 5 nitrogen and oxygen atoms in total. The van der Waals surface area contributed by atoms with Gasteiger partial charge in [0.15, 0.2) is 5.75 Å². The molecule has 0 radical (unpaired) electrons. The van der Waals surface area contributed by atoms with Crippen molar-refractivity contribution >= 4 is 22.3 Å². The van der Waals surface area contributed by atoms with Crippen molar-refractivity contribution in [1.82, 2.24) is 4.98 Å². The first-order valence-electron chi connectivity index (χ1n) is 3.99. The monoisotopic (exact) mass is 191 g/mol. The van der Waals surface area contributed by atoms with Gasteiger partial charge in [0.2, 0.25) is 5.56 Å². The molecule has 0 unspecified atom stereocenters. The van der Waals surface area contributed by atoms with Crippen LogP contribution in [0, 0.1) is 0 Å². The second-order valence-electron chi connectivity index (χ2n) is 3.01. The van der Waals surface area contributed by atoms with Crippen LogP contribution in [0.4, 0.5) is 11.4 Å². The molecule has 0 bridgehead atoms. The summed E-state index contributed by atoms with van der Waals surface area (Å²) in [5, 5.41) is 10.1. The van der Waals surface area contributed by atoms with E-state index < -0.39 is 0 Å². The number of rotatable bonds is 0.